The van der Waals surface area contributed by atoms with Crippen LogP contribution in [0, 0.1) is 15.5 Å². The van der Waals surface area contributed by atoms with E-state index in [0.29, 0.717) is 13.1 Å². The molecule has 1 aromatic carbocycles. The Bertz CT molecular complexity index is 642. The van der Waals surface area contributed by atoms with Gasteiger partial charge in [-0.25, -0.2) is 8.42 Å². The summed E-state index contributed by atoms with van der Waals surface area (Å²) in [6.45, 7) is 2.91. The van der Waals surface area contributed by atoms with E-state index in [2.05, 4.69) is 5.32 Å². The van der Waals surface area contributed by atoms with Gasteiger partial charge in [-0.2, -0.15) is 4.31 Å². The average Bonchev–Trinajstić information content (AvgIpc) is 2.45. The van der Waals surface area contributed by atoms with Crippen LogP contribution in [-0.2, 0) is 10.0 Å². The third kappa shape index (κ3) is 2.54. The highest BCUT2D eigenvalue weighted by Gasteiger charge is 2.48. The van der Waals surface area contributed by atoms with Gasteiger partial charge in [-0.1, -0.05) is 0 Å². The molecule has 1 aromatic rings. The number of nitrogens with zero attached hydrogens (tertiary/aromatic N) is 2. The van der Waals surface area contributed by atoms with Crippen LogP contribution in [0.5, 0.6) is 0 Å². The van der Waals surface area contributed by atoms with Crippen molar-refractivity contribution < 1.29 is 13.3 Å². The summed E-state index contributed by atoms with van der Waals surface area (Å²) in [6.07, 6.45) is 2.12. The van der Waals surface area contributed by atoms with Crippen molar-refractivity contribution in [2.45, 2.75) is 17.7 Å². The molecule has 2 fully saturated rings. The lowest BCUT2D eigenvalue weighted by atomic mass is 9.75. The average molecular weight is 311 g/mol. The molecule has 8 heteroatoms. The summed E-state index contributed by atoms with van der Waals surface area (Å²) in [5, 5.41) is 13.9. The summed E-state index contributed by atoms with van der Waals surface area (Å²) < 4.78 is 26.4. The summed E-state index contributed by atoms with van der Waals surface area (Å²) in [6, 6.07) is 5.06. The van der Waals surface area contributed by atoms with E-state index >= 15 is 0 Å². The monoisotopic (exact) mass is 311 g/mol. The minimum Gasteiger partial charge on any atom is -0.316 e. The standard InChI is InChI=1S/C13H17N3O4S/c17-16(18)11-2-4-12(5-3-11)21(19,20)15-9-13(10-15)6-1-7-14-8-13/h2-5,14H,1,6-10H2. The molecule has 0 radical (unpaired) electrons. The topological polar surface area (TPSA) is 92.5 Å². The zero-order chi connectivity index (χ0) is 15.1. The Kier molecular flexibility index (Phi) is 3.46. The Morgan fingerprint density at radius 2 is 1.90 bits per heavy atom. The molecular formula is C13H17N3O4S. The van der Waals surface area contributed by atoms with Gasteiger partial charge in [-0.15, -0.1) is 0 Å². The zero-order valence-corrected chi connectivity index (χ0v) is 12.3. The second-order valence-electron chi connectivity index (χ2n) is 5.80. The summed E-state index contributed by atoms with van der Waals surface area (Å²) in [4.78, 5) is 10.2. The van der Waals surface area contributed by atoms with Gasteiger partial charge < -0.3 is 5.32 Å². The number of hydrogen-bond donors (Lipinski definition) is 1. The predicted octanol–water partition coefficient (Wildman–Crippen LogP) is 0.969. The SMILES string of the molecule is O=[N+]([O-])c1ccc(S(=O)(=O)N2CC3(CCCNC3)C2)cc1. The number of benzene rings is 1. The van der Waals surface area contributed by atoms with Gasteiger partial charge in [0.05, 0.1) is 9.82 Å². The summed E-state index contributed by atoms with van der Waals surface area (Å²) in [5.41, 5.74) is -0.0305. The summed E-state index contributed by atoms with van der Waals surface area (Å²) >= 11 is 0. The molecule has 0 unspecified atom stereocenters. The maximum absolute atomic E-state index is 12.5. The third-order valence-electron chi connectivity index (χ3n) is 4.27. The fourth-order valence-corrected chi connectivity index (χ4v) is 4.73. The second kappa shape index (κ2) is 5.04. The predicted molar refractivity (Wildman–Crippen MR) is 76.4 cm³/mol. The van der Waals surface area contributed by atoms with Crippen LogP contribution < -0.4 is 5.32 Å². The highest BCUT2D eigenvalue weighted by Crippen LogP contribution is 2.39. The van der Waals surface area contributed by atoms with E-state index in [1.807, 2.05) is 0 Å². The van der Waals surface area contributed by atoms with Crippen LogP contribution in [0.1, 0.15) is 12.8 Å². The van der Waals surface area contributed by atoms with E-state index in [4.69, 9.17) is 0 Å². The summed E-state index contributed by atoms with van der Waals surface area (Å²) in [5.74, 6) is 0. The van der Waals surface area contributed by atoms with E-state index in [1.54, 1.807) is 0 Å². The molecule has 2 aliphatic heterocycles. The molecular weight excluding hydrogens is 294 g/mol. The van der Waals surface area contributed by atoms with Gasteiger partial charge in [0.2, 0.25) is 10.0 Å². The molecule has 2 saturated heterocycles. The van der Waals surface area contributed by atoms with Gasteiger partial charge in [0, 0.05) is 37.2 Å². The summed E-state index contributed by atoms with van der Waals surface area (Å²) in [7, 11) is -3.54. The third-order valence-corrected chi connectivity index (χ3v) is 6.08. The molecule has 0 aromatic heterocycles. The molecule has 0 amide bonds. The quantitative estimate of drug-likeness (QED) is 0.663. The first kappa shape index (κ1) is 14.4. The van der Waals surface area contributed by atoms with Crippen LogP contribution in [0.25, 0.3) is 0 Å². The number of piperidine rings is 1. The van der Waals surface area contributed by atoms with Crippen molar-refractivity contribution >= 4 is 15.7 Å². The van der Waals surface area contributed by atoms with E-state index in [0.717, 1.165) is 25.9 Å². The minimum atomic E-state index is -3.54. The molecule has 21 heavy (non-hydrogen) atoms. The lowest BCUT2D eigenvalue weighted by Crippen LogP contribution is -2.63. The van der Waals surface area contributed by atoms with Crippen LogP contribution in [0.15, 0.2) is 29.2 Å². The Morgan fingerprint density at radius 1 is 1.24 bits per heavy atom. The molecule has 7 nitrogen and oxygen atoms in total. The molecule has 0 aliphatic carbocycles. The van der Waals surface area contributed by atoms with Crippen LogP contribution in [0.2, 0.25) is 0 Å². The van der Waals surface area contributed by atoms with Crippen LogP contribution in [0.4, 0.5) is 5.69 Å². The number of sulfonamides is 1. The molecule has 2 heterocycles. The smallest absolute Gasteiger partial charge is 0.269 e. The van der Waals surface area contributed by atoms with Crippen molar-refractivity contribution in [1.29, 1.82) is 0 Å². The molecule has 2 aliphatic rings. The van der Waals surface area contributed by atoms with Crippen molar-refractivity contribution in [3.63, 3.8) is 0 Å². The maximum atomic E-state index is 12.5. The number of nitrogens with one attached hydrogen (secondary N) is 1. The first-order chi connectivity index (χ1) is 9.93. The van der Waals surface area contributed by atoms with Crippen LogP contribution >= 0.6 is 0 Å². The maximum Gasteiger partial charge on any atom is 0.269 e. The van der Waals surface area contributed by atoms with Gasteiger partial charge in [-0.3, -0.25) is 10.1 Å². The van der Waals surface area contributed by atoms with Crippen molar-refractivity contribution in [2.75, 3.05) is 26.2 Å². The number of nitro benzene ring substituents is 1. The Hall–Kier alpha value is -1.51. The van der Waals surface area contributed by atoms with Gasteiger partial charge in [0.1, 0.15) is 0 Å². The van der Waals surface area contributed by atoms with Gasteiger partial charge in [0.15, 0.2) is 0 Å². The van der Waals surface area contributed by atoms with Gasteiger partial charge in [0.25, 0.3) is 5.69 Å². The van der Waals surface area contributed by atoms with E-state index in [1.165, 1.54) is 28.6 Å². The highest BCUT2D eigenvalue weighted by molar-refractivity contribution is 7.89. The second-order valence-corrected chi connectivity index (χ2v) is 7.74. The van der Waals surface area contributed by atoms with Crippen LogP contribution in [-0.4, -0.2) is 43.8 Å². The normalized spacial score (nSPS) is 21.9. The Morgan fingerprint density at radius 3 is 2.43 bits per heavy atom. The first-order valence-electron chi connectivity index (χ1n) is 6.88. The fraction of sp³-hybridized carbons (Fsp3) is 0.538. The molecule has 3 rings (SSSR count). The zero-order valence-electron chi connectivity index (χ0n) is 11.5. The molecule has 0 atom stereocenters. The van der Waals surface area contributed by atoms with Crippen molar-refractivity contribution in [1.82, 2.24) is 9.62 Å². The van der Waals surface area contributed by atoms with Gasteiger partial charge in [-0.05, 0) is 31.5 Å². The lowest BCUT2D eigenvalue weighted by Gasteiger charge is -2.51. The van der Waals surface area contributed by atoms with E-state index in [-0.39, 0.29) is 16.0 Å². The molecule has 0 bridgehead atoms. The van der Waals surface area contributed by atoms with E-state index in [9.17, 15) is 18.5 Å². The molecule has 114 valence electrons. The molecule has 0 saturated carbocycles. The molecule has 1 N–H and O–H groups in total. The number of rotatable bonds is 3. The number of hydrogen-bond acceptors (Lipinski definition) is 5. The van der Waals surface area contributed by atoms with Crippen molar-refractivity contribution in [2.24, 2.45) is 5.41 Å². The largest absolute Gasteiger partial charge is 0.316 e. The Labute approximate surface area is 123 Å². The lowest BCUT2D eigenvalue weighted by molar-refractivity contribution is -0.384. The number of nitro groups is 1. The van der Waals surface area contributed by atoms with Gasteiger partial charge >= 0.3 is 0 Å². The molecule has 1 spiro atoms. The van der Waals surface area contributed by atoms with E-state index < -0.39 is 14.9 Å². The van der Waals surface area contributed by atoms with Crippen LogP contribution in [0.3, 0.4) is 0 Å². The number of non-ortho nitro benzene ring substituents is 1. The minimum absolute atomic E-state index is 0.0755. The van der Waals surface area contributed by atoms with Crippen molar-refractivity contribution in [3.8, 4) is 0 Å². The Balaban J connectivity index is 1.74. The first-order valence-corrected chi connectivity index (χ1v) is 8.32. The fourth-order valence-electron chi connectivity index (χ4n) is 3.06. The highest BCUT2D eigenvalue weighted by atomic mass is 32.2. The van der Waals surface area contributed by atoms with Crippen molar-refractivity contribution in [3.05, 3.63) is 34.4 Å².